The van der Waals surface area contributed by atoms with E-state index in [9.17, 15) is 4.79 Å². The topological polar surface area (TPSA) is 51.2 Å². The van der Waals surface area contributed by atoms with Crippen molar-refractivity contribution >= 4 is 35.8 Å². The smallest absolute Gasteiger partial charge is 0.239 e. The number of hydrogen-bond donors (Lipinski definition) is 1. The molecule has 1 aromatic carbocycles. The normalized spacial score (nSPS) is 19.1. The fraction of sp³-hybridized carbons (Fsp3) is 0.636. The highest BCUT2D eigenvalue weighted by molar-refractivity contribution is 14.0. The second-order valence-electron chi connectivity index (χ2n) is 7.94. The molecule has 29 heavy (non-hydrogen) atoms. The molecule has 1 unspecified atom stereocenters. The summed E-state index contributed by atoms with van der Waals surface area (Å²) in [5.41, 5.74) is 2.65. The van der Waals surface area contributed by atoms with Gasteiger partial charge in [0.15, 0.2) is 5.96 Å². The lowest BCUT2D eigenvalue weighted by Gasteiger charge is -2.39. The molecule has 1 N–H and O–H groups in total. The van der Waals surface area contributed by atoms with Gasteiger partial charge in [0.2, 0.25) is 5.91 Å². The highest BCUT2D eigenvalue weighted by Crippen LogP contribution is 2.14. The Morgan fingerprint density at radius 2 is 1.79 bits per heavy atom. The minimum Gasteiger partial charge on any atom is -0.356 e. The number of nitrogens with zero attached hydrogens (tertiary/aromatic N) is 4. The third-order valence-electron chi connectivity index (χ3n) is 5.93. The van der Waals surface area contributed by atoms with Gasteiger partial charge in [-0.15, -0.1) is 24.0 Å². The summed E-state index contributed by atoms with van der Waals surface area (Å²) in [7, 11) is 1.85. The Labute approximate surface area is 192 Å². The van der Waals surface area contributed by atoms with E-state index in [1.165, 1.54) is 11.1 Å². The molecule has 0 spiro atoms. The van der Waals surface area contributed by atoms with E-state index in [0.717, 1.165) is 71.0 Å². The largest absolute Gasteiger partial charge is 0.356 e. The van der Waals surface area contributed by atoms with Crippen LogP contribution in [-0.4, -0.2) is 85.5 Å². The van der Waals surface area contributed by atoms with Crippen LogP contribution in [0.3, 0.4) is 0 Å². The number of aryl methyl sites for hydroxylation is 1. The van der Waals surface area contributed by atoms with Crippen LogP contribution in [0.15, 0.2) is 29.3 Å². The van der Waals surface area contributed by atoms with Gasteiger partial charge in [0, 0.05) is 52.9 Å². The summed E-state index contributed by atoms with van der Waals surface area (Å²) >= 11 is 0. The van der Waals surface area contributed by atoms with Crippen LogP contribution < -0.4 is 5.32 Å². The fourth-order valence-corrected chi connectivity index (χ4v) is 4.20. The van der Waals surface area contributed by atoms with Crippen LogP contribution >= 0.6 is 24.0 Å². The minimum absolute atomic E-state index is 0. The summed E-state index contributed by atoms with van der Waals surface area (Å²) in [5, 5.41) is 3.50. The molecule has 0 aliphatic carbocycles. The number of likely N-dealkylation sites (tertiary alicyclic amines) is 1. The molecule has 7 heteroatoms. The van der Waals surface area contributed by atoms with E-state index in [4.69, 9.17) is 0 Å². The maximum absolute atomic E-state index is 12.7. The van der Waals surface area contributed by atoms with Crippen molar-refractivity contribution in [1.29, 1.82) is 0 Å². The maximum atomic E-state index is 12.7. The van der Waals surface area contributed by atoms with Crippen molar-refractivity contribution in [2.45, 2.75) is 39.2 Å². The van der Waals surface area contributed by atoms with Crippen LogP contribution in [0.2, 0.25) is 0 Å². The first-order valence-electron chi connectivity index (χ1n) is 10.6. The number of halogens is 1. The average Bonchev–Trinajstić information content (AvgIpc) is 3.25. The zero-order chi connectivity index (χ0) is 19.9. The molecule has 1 aromatic rings. The number of aliphatic imine (C=N–C) groups is 1. The van der Waals surface area contributed by atoms with Crippen LogP contribution in [0.4, 0.5) is 0 Å². The van der Waals surface area contributed by atoms with E-state index in [1.807, 2.05) is 11.9 Å². The Hall–Kier alpha value is -1.35. The molecule has 0 bridgehead atoms. The molecular weight excluding hydrogens is 477 g/mol. The Morgan fingerprint density at radius 1 is 1.10 bits per heavy atom. The molecule has 2 fully saturated rings. The summed E-state index contributed by atoms with van der Waals surface area (Å²) in [4.78, 5) is 23.8. The Morgan fingerprint density at radius 3 is 2.41 bits per heavy atom. The van der Waals surface area contributed by atoms with E-state index >= 15 is 0 Å². The maximum Gasteiger partial charge on any atom is 0.239 e. The van der Waals surface area contributed by atoms with E-state index in [1.54, 1.807) is 0 Å². The average molecular weight is 513 g/mol. The van der Waals surface area contributed by atoms with Crippen molar-refractivity contribution in [2.75, 3.05) is 52.9 Å². The molecule has 2 aliphatic heterocycles. The number of nitrogens with one attached hydrogen (secondary N) is 1. The van der Waals surface area contributed by atoms with Crippen molar-refractivity contribution in [1.82, 2.24) is 20.0 Å². The molecule has 2 saturated heterocycles. The van der Waals surface area contributed by atoms with Crippen molar-refractivity contribution in [2.24, 2.45) is 4.99 Å². The van der Waals surface area contributed by atoms with Gasteiger partial charge in [0.1, 0.15) is 0 Å². The highest BCUT2D eigenvalue weighted by atomic mass is 127. The van der Waals surface area contributed by atoms with Crippen LogP contribution in [0.5, 0.6) is 0 Å². The summed E-state index contributed by atoms with van der Waals surface area (Å²) in [6, 6.07) is 8.64. The SMILES string of the molecule is CN=C(NCCc1cccc(C)c1)N1CCN(C(C)C(=O)N2CCCC2)CC1.I. The van der Waals surface area contributed by atoms with Crippen molar-refractivity contribution in [3.63, 3.8) is 0 Å². The second kappa shape index (κ2) is 11.7. The van der Waals surface area contributed by atoms with Gasteiger partial charge in [-0.05, 0) is 38.7 Å². The number of hydrogen-bond acceptors (Lipinski definition) is 3. The van der Waals surface area contributed by atoms with Gasteiger partial charge in [0.25, 0.3) is 0 Å². The second-order valence-corrected chi connectivity index (χ2v) is 7.94. The lowest BCUT2D eigenvalue weighted by Crippen LogP contribution is -2.57. The number of benzene rings is 1. The Bertz CT molecular complexity index is 682. The molecule has 0 aromatic heterocycles. The fourth-order valence-electron chi connectivity index (χ4n) is 4.20. The van der Waals surface area contributed by atoms with Crippen LogP contribution in [0.1, 0.15) is 30.9 Å². The molecule has 2 aliphatic rings. The monoisotopic (exact) mass is 513 g/mol. The number of rotatable bonds is 5. The van der Waals surface area contributed by atoms with Crippen molar-refractivity contribution in [3.05, 3.63) is 35.4 Å². The number of guanidine groups is 1. The van der Waals surface area contributed by atoms with Gasteiger partial charge in [-0.1, -0.05) is 29.8 Å². The molecule has 6 nitrogen and oxygen atoms in total. The number of carbonyl (C=O) groups is 1. The lowest BCUT2D eigenvalue weighted by molar-refractivity contribution is -0.135. The third kappa shape index (κ3) is 6.57. The minimum atomic E-state index is -0.0171. The summed E-state index contributed by atoms with van der Waals surface area (Å²) in [6.45, 7) is 10.5. The Balaban J connectivity index is 0.00000300. The molecule has 3 rings (SSSR count). The zero-order valence-corrected chi connectivity index (χ0v) is 20.4. The van der Waals surface area contributed by atoms with Gasteiger partial charge in [-0.25, -0.2) is 0 Å². The van der Waals surface area contributed by atoms with Gasteiger partial charge in [0.05, 0.1) is 6.04 Å². The summed E-state index contributed by atoms with van der Waals surface area (Å²) in [6.07, 6.45) is 3.29. The standard InChI is InChI=1S/C22H35N5O.HI/c1-18-7-6-8-20(17-18)9-10-24-22(23-3)27-15-13-25(14-16-27)19(2)21(28)26-11-4-5-12-26;/h6-8,17,19H,4-5,9-16H2,1-3H3,(H,23,24);1H. The quantitative estimate of drug-likeness (QED) is 0.373. The van der Waals surface area contributed by atoms with Gasteiger partial charge < -0.3 is 15.1 Å². The predicted octanol–water partition coefficient (Wildman–Crippen LogP) is 2.36. The summed E-state index contributed by atoms with van der Waals surface area (Å²) < 4.78 is 0. The first kappa shape index (κ1) is 23.9. The van der Waals surface area contributed by atoms with Crippen LogP contribution in [0, 0.1) is 6.92 Å². The highest BCUT2D eigenvalue weighted by Gasteiger charge is 2.30. The van der Waals surface area contributed by atoms with Crippen LogP contribution in [-0.2, 0) is 11.2 Å². The number of piperazine rings is 1. The molecular formula is C22H36IN5O. The number of amides is 1. The first-order valence-corrected chi connectivity index (χ1v) is 10.6. The molecule has 2 heterocycles. The predicted molar refractivity (Wildman–Crippen MR) is 130 cm³/mol. The van der Waals surface area contributed by atoms with E-state index in [-0.39, 0.29) is 30.0 Å². The van der Waals surface area contributed by atoms with Crippen molar-refractivity contribution < 1.29 is 4.79 Å². The third-order valence-corrected chi connectivity index (χ3v) is 5.93. The molecule has 0 radical (unpaired) electrons. The van der Waals surface area contributed by atoms with E-state index in [0.29, 0.717) is 5.91 Å². The summed E-state index contributed by atoms with van der Waals surface area (Å²) in [5.74, 6) is 1.26. The molecule has 1 amide bonds. The molecule has 1 atom stereocenters. The first-order chi connectivity index (χ1) is 13.6. The van der Waals surface area contributed by atoms with E-state index in [2.05, 4.69) is 58.2 Å². The molecule has 0 saturated carbocycles. The van der Waals surface area contributed by atoms with Gasteiger partial charge in [-0.2, -0.15) is 0 Å². The van der Waals surface area contributed by atoms with Gasteiger partial charge >= 0.3 is 0 Å². The Kier molecular flexibility index (Phi) is 9.68. The zero-order valence-electron chi connectivity index (χ0n) is 18.1. The lowest BCUT2D eigenvalue weighted by atomic mass is 10.1. The van der Waals surface area contributed by atoms with Crippen molar-refractivity contribution in [3.8, 4) is 0 Å². The van der Waals surface area contributed by atoms with E-state index < -0.39 is 0 Å². The van der Waals surface area contributed by atoms with Crippen LogP contribution in [0.25, 0.3) is 0 Å². The van der Waals surface area contributed by atoms with Gasteiger partial charge in [-0.3, -0.25) is 14.7 Å². The molecule has 162 valence electrons. The number of carbonyl (C=O) groups excluding carboxylic acids is 1.